The van der Waals surface area contributed by atoms with Crippen molar-refractivity contribution >= 4 is 16.9 Å². The number of thioether (sulfide) groups is 1. The van der Waals surface area contributed by atoms with Crippen LogP contribution in [-0.2, 0) is 0 Å². The van der Waals surface area contributed by atoms with Gasteiger partial charge in [-0.05, 0) is 12.8 Å². The normalized spacial score (nSPS) is 31.6. The molecule has 0 aliphatic carbocycles. The number of rotatable bonds is 2. The maximum Gasteiger partial charge on any atom is 0.264 e. The first-order valence-electron chi connectivity index (χ1n) is 4.70. The molecule has 82 valence electrons. The van der Waals surface area contributed by atoms with Crippen molar-refractivity contribution in [3.63, 3.8) is 0 Å². The predicted octanol–water partition coefficient (Wildman–Crippen LogP) is 2.36. The molecule has 14 heavy (non-hydrogen) atoms. The zero-order valence-electron chi connectivity index (χ0n) is 8.68. The number of hydrogen-bond acceptors (Lipinski definition) is 2. The summed E-state index contributed by atoms with van der Waals surface area (Å²) in [4.78, 5) is 3.86. The Kier molecular flexibility index (Phi) is 3.75. The van der Waals surface area contributed by atoms with Gasteiger partial charge < -0.3 is 5.32 Å². The second-order valence-corrected chi connectivity index (χ2v) is 4.92. The van der Waals surface area contributed by atoms with Gasteiger partial charge in [0.15, 0.2) is 5.17 Å². The molecular weight excluding hydrogens is 206 g/mol. The van der Waals surface area contributed by atoms with Crippen molar-refractivity contribution in [1.82, 2.24) is 5.32 Å². The van der Waals surface area contributed by atoms with Crippen molar-refractivity contribution in [2.45, 2.75) is 32.7 Å². The lowest BCUT2D eigenvalue weighted by molar-refractivity contribution is 0.0327. The molecular formula is C9H16F2N2S. The van der Waals surface area contributed by atoms with Gasteiger partial charge in [-0.25, -0.2) is 8.78 Å². The highest BCUT2D eigenvalue weighted by Crippen LogP contribution is 2.20. The van der Waals surface area contributed by atoms with E-state index < -0.39 is 12.5 Å². The van der Waals surface area contributed by atoms with Crippen LogP contribution in [0, 0.1) is 5.92 Å². The van der Waals surface area contributed by atoms with Crippen LogP contribution in [0.15, 0.2) is 4.99 Å². The monoisotopic (exact) mass is 222 g/mol. The summed E-state index contributed by atoms with van der Waals surface area (Å²) in [5, 5.41) is 3.77. The Morgan fingerprint density at radius 2 is 2.21 bits per heavy atom. The predicted molar refractivity (Wildman–Crippen MR) is 57.1 cm³/mol. The first kappa shape index (κ1) is 11.8. The lowest BCUT2D eigenvalue weighted by Crippen LogP contribution is -2.41. The summed E-state index contributed by atoms with van der Waals surface area (Å²) in [7, 11) is 0. The number of halogens is 2. The summed E-state index contributed by atoms with van der Waals surface area (Å²) in [6.45, 7) is 4.64. The van der Waals surface area contributed by atoms with E-state index in [4.69, 9.17) is 0 Å². The zero-order valence-corrected chi connectivity index (χ0v) is 9.50. The summed E-state index contributed by atoms with van der Waals surface area (Å²) in [5.41, 5.74) is 0. The standard InChI is InChI=1S/C9H16F2N2S/c1-6-4-14-8(13-7(6)2)12-5-9(3,10)11/h6-7H,4-5H2,1-3H3,(H,12,13). The van der Waals surface area contributed by atoms with Crippen molar-refractivity contribution in [3.05, 3.63) is 0 Å². The lowest BCUT2D eigenvalue weighted by atomic mass is 10.1. The van der Waals surface area contributed by atoms with Crippen molar-refractivity contribution in [1.29, 1.82) is 0 Å². The van der Waals surface area contributed by atoms with Gasteiger partial charge in [0.2, 0.25) is 0 Å². The Morgan fingerprint density at radius 1 is 1.57 bits per heavy atom. The highest BCUT2D eigenvalue weighted by Gasteiger charge is 2.24. The van der Waals surface area contributed by atoms with Crippen LogP contribution in [0.4, 0.5) is 8.78 Å². The molecule has 2 atom stereocenters. The van der Waals surface area contributed by atoms with E-state index in [1.54, 1.807) is 0 Å². The van der Waals surface area contributed by atoms with Gasteiger partial charge in [-0.15, -0.1) is 0 Å². The highest BCUT2D eigenvalue weighted by molar-refractivity contribution is 8.13. The van der Waals surface area contributed by atoms with E-state index in [-0.39, 0.29) is 0 Å². The van der Waals surface area contributed by atoms with E-state index in [2.05, 4.69) is 17.2 Å². The average molecular weight is 222 g/mol. The van der Waals surface area contributed by atoms with Crippen LogP contribution in [0.2, 0.25) is 0 Å². The third-order valence-electron chi connectivity index (χ3n) is 2.19. The minimum absolute atomic E-state index is 0.320. The number of nitrogens with one attached hydrogen (secondary N) is 1. The molecule has 0 saturated carbocycles. The molecule has 1 N–H and O–H groups in total. The third-order valence-corrected chi connectivity index (χ3v) is 3.40. The summed E-state index contributed by atoms with van der Waals surface area (Å²) in [6, 6.07) is 0.320. The Labute approximate surface area is 87.6 Å². The Bertz CT molecular complexity index is 225. The molecule has 0 radical (unpaired) electrons. The van der Waals surface area contributed by atoms with Gasteiger partial charge in [0.1, 0.15) is 6.54 Å². The molecule has 2 nitrogen and oxygen atoms in total. The van der Waals surface area contributed by atoms with Crippen molar-refractivity contribution in [2.24, 2.45) is 10.9 Å². The molecule has 0 aromatic carbocycles. The SMILES string of the molecule is CC1CSC(=NCC(C)(F)F)NC1C. The fraction of sp³-hybridized carbons (Fsp3) is 0.889. The minimum atomic E-state index is -2.71. The summed E-state index contributed by atoms with van der Waals surface area (Å²) in [5.74, 6) is -1.20. The number of aliphatic imine (C=N–C) groups is 1. The maximum absolute atomic E-state index is 12.5. The molecule has 2 unspecified atom stereocenters. The molecule has 1 heterocycles. The second kappa shape index (κ2) is 4.47. The Morgan fingerprint density at radius 3 is 2.71 bits per heavy atom. The van der Waals surface area contributed by atoms with Crippen LogP contribution in [0.25, 0.3) is 0 Å². The van der Waals surface area contributed by atoms with Crippen LogP contribution in [0.1, 0.15) is 20.8 Å². The summed E-state index contributed by atoms with van der Waals surface area (Å²) >= 11 is 1.52. The molecule has 0 spiro atoms. The van der Waals surface area contributed by atoms with E-state index >= 15 is 0 Å². The molecule has 1 aliphatic heterocycles. The van der Waals surface area contributed by atoms with Crippen LogP contribution in [0.5, 0.6) is 0 Å². The smallest absolute Gasteiger partial charge is 0.264 e. The topological polar surface area (TPSA) is 24.4 Å². The summed E-state index contributed by atoms with van der Waals surface area (Å²) in [6.07, 6.45) is 0. The number of nitrogens with zero attached hydrogens (tertiary/aromatic N) is 1. The molecule has 1 fully saturated rings. The van der Waals surface area contributed by atoms with E-state index in [9.17, 15) is 8.78 Å². The van der Waals surface area contributed by atoms with Gasteiger partial charge >= 0.3 is 0 Å². The molecule has 1 aliphatic rings. The van der Waals surface area contributed by atoms with Gasteiger partial charge in [0.25, 0.3) is 5.92 Å². The fourth-order valence-electron chi connectivity index (χ4n) is 1.04. The van der Waals surface area contributed by atoms with Gasteiger partial charge in [-0.2, -0.15) is 0 Å². The first-order valence-corrected chi connectivity index (χ1v) is 5.68. The molecule has 0 bridgehead atoms. The van der Waals surface area contributed by atoms with Crippen LogP contribution < -0.4 is 5.32 Å². The van der Waals surface area contributed by atoms with E-state index in [1.165, 1.54) is 11.8 Å². The number of alkyl halides is 2. The minimum Gasteiger partial charge on any atom is -0.362 e. The number of amidine groups is 1. The van der Waals surface area contributed by atoms with Gasteiger partial charge in [0, 0.05) is 18.7 Å². The molecule has 0 aromatic heterocycles. The van der Waals surface area contributed by atoms with E-state index in [0.29, 0.717) is 17.1 Å². The van der Waals surface area contributed by atoms with Gasteiger partial charge in [-0.3, -0.25) is 4.99 Å². The Hall–Kier alpha value is -0.320. The Balaban J connectivity index is 2.46. The van der Waals surface area contributed by atoms with Crippen LogP contribution >= 0.6 is 11.8 Å². The third kappa shape index (κ3) is 3.82. The molecule has 0 aromatic rings. The molecule has 1 saturated heterocycles. The lowest BCUT2D eigenvalue weighted by Gasteiger charge is -2.28. The van der Waals surface area contributed by atoms with E-state index in [1.807, 2.05) is 6.92 Å². The average Bonchev–Trinajstić information content (AvgIpc) is 2.06. The zero-order chi connectivity index (χ0) is 10.8. The van der Waals surface area contributed by atoms with Crippen LogP contribution in [0.3, 0.4) is 0 Å². The van der Waals surface area contributed by atoms with Gasteiger partial charge in [-0.1, -0.05) is 18.7 Å². The van der Waals surface area contributed by atoms with E-state index in [0.717, 1.165) is 12.7 Å². The summed E-state index contributed by atoms with van der Waals surface area (Å²) < 4.78 is 25.0. The largest absolute Gasteiger partial charge is 0.362 e. The molecule has 5 heteroatoms. The second-order valence-electron chi connectivity index (χ2n) is 3.91. The quantitative estimate of drug-likeness (QED) is 0.775. The van der Waals surface area contributed by atoms with Gasteiger partial charge in [0.05, 0.1) is 0 Å². The fourth-order valence-corrected chi connectivity index (χ4v) is 2.17. The molecule has 0 amide bonds. The van der Waals surface area contributed by atoms with Crippen molar-refractivity contribution in [2.75, 3.05) is 12.3 Å². The maximum atomic E-state index is 12.5. The molecule has 1 rings (SSSR count). The van der Waals surface area contributed by atoms with Crippen molar-refractivity contribution < 1.29 is 8.78 Å². The van der Waals surface area contributed by atoms with Crippen LogP contribution in [-0.4, -0.2) is 29.4 Å². The first-order chi connectivity index (χ1) is 6.38. The number of hydrogen-bond donors (Lipinski definition) is 1. The highest BCUT2D eigenvalue weighted by atomic mass is 32.2. The van der Waals surface area contributed by atoms with Crippen molar-refractivity contribution in [3.8, 4) is 0 Å².